The Bertz CT molecular complexity index is 893. The number of halogens is 1. The summed E-state index contributed by atoms with van der Waals surface area (Å²) in [5.74, 6) is -0.161. The number of aromatic nitrogens is 4. The lowest BCUT2D eigenvalue weighted by atomic mass is 10.2. The lowest BCUT2D eigenvalue weighted by molar-refractivity contribution is -0.112. The van der Waals surface area contributed by atoms with Crippen molar-refractivity contribution in [3.8, 4) is 11.6 Å². The number of benzene rings is 1. The highest BCUT2D eigenvalue weighted by Gasteiger charge is 2.13. The molecule has 3 aromatic rings. The molecule has 1 amide bonds. The van der Waals surface area contributed by atoms with Crippen LogP contribution < -0.4 is 5.32 Å². The normalized spacial score (nSPS) is 11.1. The van der Waals surface area contributed by atoms with Gasteiger partial charge >= 0.3 is 6.01 Å². The van der Waals surface area contributed by atoms with Gasteiger partial charge in [0.2, 0.25) is 0 Å². The molecule has 1 aromatic carbocycles. The van der Waals surface area contributed by atoms with Gasteiger partial charge in [0.25, 0.3) is 11.8 Å². The molecule has 1 N–H and O–H groups in total. The molecule has 3 rings (SSSR count). The number of nitrogens with zero attached hydrogens (tertiary/aromatic N) is 4. The standard InChI is InChI=1S/C16H14ClN5O2/c1-10-9-13(21-22(10)2)15-19-20-16(24-15)18-14(23)8-7-11-5-3-4-6-12(11)17/h3-9H,1-2H3,(H,18,20,23). The summed E-state index contributed by atoms with van der Waals surface area (Å²) in [6.45, 7) is 1.91. The SMILES string of the molecule is Cc1cc(-c2nnc(NC(=O)C=Cc3ccccc3Cl)o2)nn1C. The van der Waals surface area contributed by atoms with Gasteiger partial charge < -0.3 is 4.42 Å². The zero-order valence-corrected chi connectivity index (χ0v) is 13.8. The van der Waals surface area contributed by atoms with Crippen molar-refractivity contribution in [1.82, 2.24) is 20.0 Å². The number of aryl methyl sites for hydroxylation is 2. The van der Waals surface area contributed by atoms with Crippen LogP contribution in [-0.2, 0) is 11.8 Å². The van der Waals surface area contributed by atoms with Gasteiger partial charge in [0, 0.05) is 23.8 Å². The maximum absolute atomic E-state index is 11.9. The third kappa shape index (κ3) is 3.52. The molecule has 7 nitrogen and oxygen atoms in total. The Morgan fingerprint density at radius 2 is 2.12 bits per heavy atom. The van der Waals surface area contributed by atoms with Crippen molar-refractivity contribution in [1.29, 1.82) is 0 Å². The predicted octanol–water partition coefficient (Wildman–Crippen LogP) is 3.08. The van der Waals surface area contributed by atoms with E-state index < -0.39 is 5.91 Å². The summed E-state index contributed by atoms with van der Waals surface area (Å²) >= 11 is 6.02. The second-order valence-corrected chi connectivity index (χ2v) is 5.46. The van der Waals surface area contributed by atoms with Crippen LogP contribution in [0.1, 0.15) is 11.3 Å². The average molecular weight is 344 g/mol. The van der Waals surface area contributed by atoms with E-state index in [1.165, 1.54) is 6.08 Å². The molecule has 0 aliphatic carbocycles. The van der Waals surface area contributed by atoms with E-state index in [1.54, 1.807) is 22.9 Å². The Hall–Kier alpha value is -2.93. The first-order valence-corrected chi connectivity index (χ1v) is 7.49. The summed E-state index contributed by atoms with van der Waals surface area (Å²) in [4.78, 5) is 11.9. The Labute approximate surface area is 143 Å². The van der Waals surface area contributed by atoms with Crippen LogP contribution in [0.5, 0.6) is 0 Å². The number of hydrogen-bond acceptors (Lipinski definition) is 5. The lowest BCUT2D eigenvalue weighted by Gasteiger charge is -1.97. The van der Waals surface area contributed by atoms with Crippen LogP contribution in [0, 0.1) is 6.92 Å². The number of rotatable bonds is 4. The second-order valence-electron chi connectivity index (χ2n) is 5.05. The van der Waals surface area contributed by atoms with Gasteiger partial charge in [-0.15, -0.1) is 5.10 Å². The maximum atomic E-state index is 11.9. The summed E-state index contributed by atoms with van der Waals surface area (Å²) in [5, 5.41) is 15.0. The molecule has 2 aromatic heterocycles. The van der Waals surface area contributed by atoms with Crippen LogP contribution in [0.2, 0.25) is 5.02 Å². The van der Waals surface area contributed by atoms with Crippen molar-refractivity contribution in [3.63, 3.8) is 0 Å². The molecule has 0 saturated carbocycles. The minimum absolute atomic E-state index is 0.00196. The minimum atomic E-state index is -0.401. The molecule has 0 saturated heterocycles. The fourth-order valence-corrected chi connectivity index (χ4v) is 2.16. The highest BCUT2D eigenvalue weighted by molar-refractivity contribution is 6.32. The molecule has 24 heavy (non-hydrogen) atoms. The first-order chi connectivity index (χ1) is 11.5. The molecule has 0 bridgehead atoms. The Balaban J connectivity index is 1.68. The summed E-state index contributed by atoms with van der Waals surface area (Å²) in [7, 11) is 1.82. The molecule has 0 aliphatic heterocycles. The summed E-state index contributed by atoms with van der Waals surface area (Å²) < 4.78 is 7.09. The second kappa shape index (κ2) is 6.67. The molecule has 8 heteroatoms. The van der Waals surface area contributed by atoms with E-state index in [1.807, 2.05) is 32.2 Å². The quantitative estimate of drug-likeness (QED) is 0.736. The number of hydrogen-bond donors (Lipinski definition) is 1. The smallest absolute Gasteiger partial charge is 0.322 e. The maximum Gasteiger partial charge on any atom is 0.322 e. The van der Waals surface area contributed by atoms with Gasteiger partial charge in [0.15, 0.2) is 0 Å². The molecular formula is C16H14ClN5O2. The van der Waals surface area contributed by atoms with Crippen LogP contribution in [0.3, 0.4) is 0 Å². The van der Waals surface area contributed by atoms with Gasteiger partial charge in [-0.1, -0.05) is 34.9 Å². The molecule has 0 fully saturated rings. The largest absolute Gasteiger partial charge is 0.401 e. The number of carbonyl (C=O) groups excluding carboxylic acids is 1. The fraction of sp³-hybridized carbons (Fsp3) is 0.125. The van der Waals surface area contributed by atoms with Gasteiger partial charge in [-0.3, -0.25) is 14.8 Å². The Kier molecular flexibility index (Phi) is 4.43. The first kappa shape index (κ1) is 15.9. The molecule has 0 unspecified atom stereocenters. The van der Waals surface area contributed by atoms with Crippen molar-refractivity contribution < 1.29 is 9.21 Å². The van der Waals surface area contributed by atoms with Crippen molar-refractivity contribution in [2.45, 2.75) is 6.92 Å². The molecule has 0 radical (unpaired) electrons. The summed E-state index contributed by atoms with van der Waals surface area (Å²) in [5.41, 5.74) is 2.25. The van der Waals surface area contributed by atoms with E-state index in [0.29, 0.717) is 10.7 Å². The van der Waals surface area contributed by atoms with Gasteiger partial charge in [-0.25, -0.2) is 0 Å². The van der Waals surface area contributed by atoms with E-state index in [-0.39, 0.29) is 11.9 Å². The molecule has 2 heterocycles. The van der Waals surface area contributed by atoms with Crippen LogP contribution in [0.4, 0.5) is 6.01 Å². The number of anilines is 1. The first-order valence-electron chi connectivity index (χ1n) is 7.11. The van der Waals surface area contributed by atoms with E-state index in [2.05, 4.69) is 20.6 Å². The van der Waals surface area contributed by atoms with E-state index in [0.717, 1.165) is 11.3 Å². The topological polar surface area (TPSA) is 85.8 Å². The average Bonchev–Trinajstić information content (AvgIpc) is 3.14. The number of nitrogens with one attached hydrogen (secondary N) is 1. The number of amides is 1. The summed E-state index contributed by atoms with van der Waals surface area (Å²) in [6.07, 6.45) is 2.95. The van der Waals surface area contributed by atoms with Gasteiger partial charge in [0.1, 0.15) is 5.69 Å². The van der Waals surface area contributed by atoms with Crippen LogP contribution in [0.15, 0.2) is 40.8 Å². The molecular weight excluding hydrogens is 330 g/mol. The van der Waals surface area contributed by atoms with Gasteiger partial charge in [-0.2, -0.15) is 5.10 Å². The van der Waals surface area contributed by atoms with E-state index in [4.69, 9.17) is 16.0 Å². The van der Waals surface area contributed by atoms with Crippen molar-refractivity contribution >= 4 is 29.6 Å². The van der Waals surface area contributed by atoms with Gasteiger partial charge in [0.05, 0.1) is 0 Å². The molecule has 122 valence electrons. The molecule has 0 atom stereocenters. The zero-order chi connectivity index (χ0) is 17.1. The van der Waals surface area contributed by atoms with Gasteiger partial charge in [-0.05, 0) is 30.7 Å². The van der Waals surface area contributed by atoms with Crippen molar-refractivity contribution in [3.05, 3.63) is 52.7 Å². The van der Waals surface area contributed by atoms with Crippen molar-refractivity contribution in [2.75, 3.05) is 5.32 Å². The minimum Gasteiger partial charge on any atom is -0.401 e. The molecule has 0 aliphatic rings. The van der Waals surface area contributed by atoms with Crippen LogP contribution in [-0.4, -0.2) is 25.9 Å². The number of carbonyl (C=O) groups is 1. The predicted molar refractivity (Wildman–Crippen MR) is 90.4 cm³/mol. The third-order valence-electron chi connectivity index (χ3n) is 3.31. The summed E-state index contributed by atoms with van der Waals surface area (Å²) in [6, 6.07) is 9.03. The lowest BCUT2D eigenvalue weighted by Crippen LogP contribution is -2.07. The highest BCUT2D eigenvalue weighted by Crippen LogP contribution is 2.19. The van der Waals surface area contributed by atoms with E-state index in [9.17, 15) is 4.79 Å². The molecule has 0 spiro atoms. The highest BCUT2D eigenvalue weighted by atomic mass is 35.5. The Morgan fingerprint density at radius 1 is 1.33 bits per heavy atom. The Morgan fingerprint density at radius 3 is 2.83 bits per heavy atom. The van der Waals surface area contributed by atoms with Crippen molar-refractivity contribution in [2.24, 2.45) is 7.05 Å². The fourth-order valence-electron chi connectivity index (χ4n) is 1.97. The van der Waals surface area contributed by atoms with Crippen LogP contribution in [0.25, 0.3) is 17.7 Å². The third-order valence-corrected chi connectivity index (χ3v) is 3.65. The zero-order valence-electron chi connectivity index (χ0n) is 13.0. The monoisotopic (exact) mass is 343 g/mol. The van der Waals surface area contributed by atoms with E-state index >= 15 is 0 Å². The van der Waals surface area contributed by atoms with Crippen LogP contribution >= 0.6 is 11.6 Å².